The van der Waals surface area contributed by atoms with Crippen LogP contribution < -0.4 is 11.1 Å². The van der Waals surface area contributed by atoms with Gasteiger partial charge < -0.3 is 16.0 Å². The molecule has 0 radical (unpaired) electrons. The third-order valence-electron chi connectivity index (χ3n) is 2.15. The Hall–Kier alpha value is -1.26. The summed E-state index contributed by atoms with van der Waals surface area (Å²) >= 11 is 0. The first kappa shape index (κ1) is 9.83. The highest BCUT2D eigenvalue weighted by molar-refractivity contribution is 5.86. The van der Waals surface area contributed by atoms with Crippen molar-refractivity contribution in [3.8, 4) is 0 Å². The molecular weight excluding hydrogens is 170 g/mol. The molecule has 3 N–H and O–H groups in total. The van der Waals surface area contributed by atoms with Gasteiger partial charge >= 0.3 is 6.03 Å². The number of nitrogens with zero attached hydrogens (tertiary/aromatic N) is 1. The number of urea groups is 1. The highest BCUT2D eigenvalue weighted by Crippen LogP contribution is 2.08. The van der Waals surface area contributed by atoms with Gasteiger partial charge in [0.2, 0.25) is 5.91 Å². The van der Waals surface area contributed by atoms with Crippen molar-refractivity contribution in [3.63, 3.8) is 0 Å². The van der Waals surface area contributed by atoms with Crippen molar-refractivity contribution in [1.82, 2.24) is 10.2 Å². The molecule has 1 heterocycles. The van der Waals surface area contributed by atoms with Gasteiger partial charge in [-0.3, -0.25) is 4.79 Å². The molecule has 5 heteroatoms. The Labute approximate surface area is 77.3 Å². The van der Waals surface area contributed by atoms with Crippen molar-refractivity contribution in [2.75, 3.05) is 13.1 Å². The van der Waals surface area contributed by atoms with Crippen molar-refractivity contribution in [2.24, 2.45) is 5.73 Å². The third kappa shape index (κ3) is 2.61. The molecule has 0 spiro atoms. The number of amides is 3. The SMILES string of the molecule is C[C@H](NC(N)=O)C(=O)N1CCCC1. The van der Waals surface area contributed by atoms with Crippen molar-refractivity contribution in [3.05, 3.63) is 0 Å². The van der Waals surface area contributed by atoms with E-state index >= 15 is 0 Å². The van der Waals surface area contributed by atoms with Gasteiger partial charge in [-0.15, -0.1) is 0 Å². The Bertz CT molecular complexity index is 211. The molecule has 0 aliphatic carbocycles. The van der Waals surface area contributed by atoms with Crippen LogP contribution in [-0.2, 0) is 4.79 Å². The molecular formula is C8H15N3O2. The smallest absolute Gasteiger partial charge is 0.312 e. The van der Waals surface area contributed by atoms with E-state index in [1.807, 2.05) is 0 Å². The van der Waals surface area contributed by atoms with Gasteiger partial charge in [-0.1, -0.05) is 0 Å². The molecule has 1 fully saturated rings. The van der Waals surface area contributed by atoms with Crippen LogP contribution >= 0.6 is 0 Å². The van der Waals surface area contributed by atoms with E-state index in [4.69, 9.17) is 5.73 Å². The number of nitrogens with one attached hydrogen (secondary N) is 1. The van der Waals surface area contributed by atoms with Crippen LogP contribution in [0.15, 0.2) is 0 Å². The molecule has 0 saturated carbocycles. The first-order valence-corrected chi connectivity index (χ1v) is 4.46. The van der Waals surface area contributed by atoms with Crippen molar-refractivity contribution < 1.29 is 9.59 Å². The van der Waals surface area contributed by atoms with Crippen molar-refractivity contribution in [2.45, 2.75) is 25.8 Å². The summed E-state index contributed by atoms with van der Waals surface area (Å²) in [7, 11) is 0. The normalized spacial score (nSPS) is 18.4. The van der Waals surface area contributed by atoms with E-state index in [2.05, 4.69) is 5.32 Å². The minimum atomic E-state index is -0.653. The first-order chi connectivity index (χ1) is 6.11. The monoisotopic (exact) mass is 185 g/mol. The van der Waals surface area contributed by atoms with Gasteiger partial charge in [-0.2, -0.15) is 0 Å². The number of likely N-dealkylation sites (tertiary alicyclic amines) is 1. The quantitative estimate of drug-likeness (QED) is 0.618. The van der Waals surface area contributed by atoms with Crippen LogP contribution in [0.3, 0.4) is 0 Å². The van der Waals surface area contributed by atoms with Gasteiger partial charge in [0.25, 0.3) is 0 Å². The second-order valence-electron chi connectivity index (χ2n) is 3.26. The molecule has 1 rings (SSSR count). The zero-order valence-corrected chi connectivity index (χ0v) is 7.75. The molecule has 5 nitrogen and oxygen atoms in total. The van der Waals surface area contributed by atoms with Gasteiger partial charge in [0, 0.05) is 13.1 Å². The number of primary amides is 1. The van der Waals surface area contributed by atoms with E-state index in [0.717, 1.165) is 25.9 Å². The molecule has 0 aromatic heterocycles. The topological polar surface area (TPSA) is 75.4 Å². The maximum absolute atomic E-state index is 11.5. The fourth-order valence-electron chi connectivity index (χ4n) is 1.49. The average molecular weight is 185 g/mol. The Kier molecular flexibility index (Phi) is 3.11. The second-order valence-corrected chi connectivity index (χ2v) is 3.26. The molecule has 0 aromatic carbocycles. The lowest BCUT2D eigenvalue weighted by Gasteiger charge is -2.20. The number of carbonyl (C=O) groups is 2. The summed E-state index contributed by atoms with van der Waals surface area (Å²) in [5.74, 6) is -0.0451. The van der Waals surface area contributed by atoms with Crippen LogP contribution in [-0.4, -0.2) is 36.0 Å². The fraction of sp³-hybridized carbons (Fsp3) is 0.750. The molecule has 0 unspecified atom stereocenters. The average Bonchev–Trinajstić information content (AvgIpc) is 2.53. The summed E-state index contributed by atoms with van der Waals surface area (Å²) in [5.41, 5.74) is 4.91. The zero-order chi connectivity index (χ0) is 9.84. The second kappa shape index (κ2) is 4.11. The van der Waals surface area contributed by atoms with Crippen LogP contribution in [0.1, 0.15) is 19.8 Å². The van der Waals surface area contributed by atoms with Gasteiger partial charge in [-0.05, 0) is 19.8 Å². The summed E-state index contributed by atoms with van der Waals surface area (Å²) < 4.78 is 0. The molecule has 1 aliphatic rings. The number of hydrogen-bond acceptors (Lipinski definition) is 2. The Morgan fingerprint density at radius 3 is 2.38 bits per heavy atom. The molecule has 74 valence electrons. The largest absolute Gasteiger partial charge is 0.352 e. The molecule has 1 aliphatic heterocycles. The minimum Gasteiger partial charge on any atom is -0.352 e. The maximum Gasteiger partial charge on any atom is 0.312 e. The third-order valence-corrected chi connectivity index (χ3v) is 2.15. The fourth-order valence-corrected chi connectivity index (χ4v) is 1.49. The molecule has 0 aromatic rings. The van der Waals surface area contributed by atoms with Crippen LogP contribution in [0, 0.1) is 0 Å². The number of nitrogens with two attached hydrogens (primary N) is 1. The predicted molar refractivity (Wildman–Crippen MR) is 48.0 cm³/mol. The van der Waals surface area contributed by atoms with Crippen LogP contribution in [0.5, 0.6) is 0 Å². The van der Waals surface area contributed by atoms with Gasteiger partial charge in [0.1, 0.15) is 6.04 Å². The summed E-state index contributed by atoms with van der Waals surface area (Å²) in [6, 6.07) is -1.16. The first-order valence-electron chi connectivity index (χ1n) is 4.46. The maximum atomic E-state index is 11.5. The molecule has 0 bridgehead atoms. The zero-order valence-electron chi connectivity index (χ0n) is 7.75. The lowest BCUT2D eigenvalue weighted by atomic mass is 10.3. The van der Waals surface area contributed by atoms with Crippen LogP contribution in [0.4, 0.5) is 4.79 Å². The standard InChI is InChI=1S/C8H15N3O2/c1-6(10-8(9)13)7(12)11-4-2-3-5-11/h6H,2-5H2,1H3,(H3,9,10,13)/t6-/m0/s1. The number of rotatable bonds is 2. The Morgan fingerprint density at radius 2 is 1.92 bits per heavy atom. The van der Waals surface area contributed by atoms with E-state index in [1.54, 1.807) is 11.8 Å². The predicted octanol–water partition coefficient (Wildman–Crippen LogP) is -0.334. The molecule has 13 heavy (non-hydrogen) atoms. The summed E-state index contributed by atoms with van der Waals surface area (Å²) in [6.07, 6.45) is 2.10. The summed E-state index contributed by atoms with van der Waals surface area (Å²) in [4.78, 5) is 23.8. The van der Waals surface area contributed by atoms with Gasteiger partial charge in [0.05, 0.1) is 0 Å². The van der Waals surface area contributed by atoms with E-state index in [9.17, 15) is 9.59 Å². The Morgan fingerprint density at radius 1 is 1.38 bits per heavy atom. The molecule has 3 amide bonds. The lowest BCUT2D eigenvalue weighted by molar-refractivity contribution is -0.131. The minimum absolute atomic E-state index is 0.0451. The van der Waals surface area contributed by atoms with Gasteiger partial charge in [0.15, 0.2) is 0 Å². The van der Waals surface area contributed by atoms with Crippen molar-refractivity contribution >= 4 is 11.9 Å². The van der Waals surface area contributed by atoms with E-state index < -0.39 is 12.1 Å². The highest BCUT2D eigenvalue weighted by Gasteiger charge is 2.23. The Balaban J connectivity index is 2.41. The van der Waals surface area contributed by atoms with Crippen LogP contribution in [0.2, 0.25) is 0 Å². The lowest BCUT2D eigenvalue weighted by Crippen LogP contribution is -2.47. The van der Waals surface area contributed by atoms with E-state index in [1.165, 1.54) is 0 Å². The van der Waals surface area contributed by atoms with E-state index in [0.29, 0.717) is 0 Å². The van der Waals surface area contributed by atoms with Gasteiger partial charge in [-0.25, -0.2) is 4.79 Å². The number of hydrogen-bond donors (Lipinski definition) is 2. The van der Waals surface area contributed by atoms with Crippen LogP contribution in [0.25, 0.3) is 0 Å². The molecule has 1 atom stereocenters. The highest BCUT2D eigenvalue weighted by atomic mass is 16.2. The number of carbonyl (C=O) groups excluding carboxylic acids is 2. The van der Waals surface area contributed by atoms with Crippen molar-refractivity contribution in [1.29, 1.82) is 0 Å². The molecule has 1 saturated heterocycles. The van der Waals surface area contributed by atoms with E-state index in [-0.39, 0.29) is 5.91 Å². The summed E-state index contributed by atoms with van der Waals surface area (Å²) in [5, 5.41) is 2.37. The summed E-state index contributed by atoms with van der Waals surface area (Å²) in [6.45, 7) is 3.23.